The van der Waals surface area contributed by atoms with Gasteiger partial charge in [-0.3, -0.25) is 10.3 Å². The highest BCUT2D eigenvalue weighted by Crippen LogP contribution is 2.25. The van der Waals surface area contributed by atoms with Crippen LogP contribution in [0.2, 0.25) is 0 Å². The fraction of sp³-hybridized carbons (Fsp3) is 0.250. The summed E-state index contributed by atoms with van der Waals surface area (Å²) in [6.07, 6.45) is 2.73. The molecule has 0 aliphatic heterocycles. The third-order valence-corrected chi connectivity index (χ3v) is 3.38. The van der Waals surface area contributed by atoms with Crippen molar-refractivity contribution in [2.75, 3.05) is 14.2 Å². The SMILES string of the molecule is CONC=Nc1nc2nccc([C@@H](C)Oc3cccc(OC)c3)n2n1. The zero-order chi connectivity index (χ0) is 17.6. The van der Waals surface area contributed by atoms with Gasteiger partial charge in [0.2, 0.25) is 0 Å². The van der Waals surface area contributed by atoms with Crippen LogP contribution in [0.4, 0.5) is 5.95 Å². The summed E-state index contributed by atoms with van der Waals surface area (Å²) >= 11 is 0. The molecule has 2 heterocycles. The van der Waals surface area contributed by atoms with Crippen molar-refractivity contribution in [1.82, 2.24) is 25.1 Å². The molecule has 2 aromatic heterocycles. The summed E-state index contributed by atoms with van der Waals surface area (Å²) in [6.45, 7) is 1.92. The molecule has 25 heavy (non-hydrogen) atoms. The molecule has 0 amide bonds. The van der Waals surface area contributed by atoms with Gasteiger partial charge in [-0.1, -0.05) is 6.07 Å². The zero-order valence-electron chi connectivity index (χ0n) is 14.1. The maximum absolute atomic E-state index is 5.99. The van der Waals surface area contributed by atoms with Gasteiger partial charge in [-0.15, -0.1) is 5.10 Å². The van der Waals surface area contributed by atoms with Crippen molar-refractivity contribution in [2.45, 2.75) is 13.0 Å². The number of benzene rings is 1. The number of aliphatic imine (C=N–C) groups is 1. The first kappa shape index (κ1) is 16.7. The van der Waals surface area contributed by atoms with Crippen molar-refractivity contribution >= 4 is 18.1 Å². The standard InChI is InChI=1S/C16H18N6O3/c1-11(25-13-6-4-5-12(9-13)23-2)14-7-8-17-16-20-15(21-22(14)16)18-10-19-24-3/h4-11H,1-3H3,(H,18,19,21)/t11-/m1/s1. The number of hydrogen-bond donors (Lipinski definition) is 1. The highest BCUT2D eigenvalue weighted by atomic mass is 16.6. The molecule has 0 fully saturated rings. The van der Waals surface area contributed by atoms with Crippen LogP contribution in [-0.2, 0) is 4.84 Å². The second kappa shape index (κ2) is 7.58. The van der Waals surface area contributed by atoms with Crippen LogP contribution in [0.5, 0.6) is 11.5 Å². The Bertz CT molecular complexity index is 879. The van der Waals surface area contributed by atoms with E-state index >= 15 is 0 Å². The van der Waals surface area contributed by atoms with E-state index in [9.17, 15) is 0 Å². The lowest BCUT2D eigenvalue weighted by atomic mass is 10.2. The van der Waals surface area contributed by atoms with Gasteiger partial charge in [-0.2, -0.15) is 14.5 Å². The first-order chi connectivity index (χ1) is 12.2. The lowest BCUT2D eigenvalue weighted by Crippen LogP contribution is -2.10. The molecular weight excluding hydrogens is 324 g/mol. The minimum absolute atomic E-state index is 0.262. The predicted octanol–water partition coefficient (Wildman–Crippen LogP) is 2.08. The maximum Gasteiger partial charge on any atom is 0.272 e. The van der Waals surface area contributed by atoms with Crippen molar-refractivity contribution in [3.05, 3.63) is 42.2 Å². The van der Waals surface area contributed by atoms with Gasteiger partial charge in [0.25, 0.3) is 11.7 Å². The quantitative estimate of drug-likeness (QED) is 0.399. The summed E-state index contributed by atoms with van der Waals surface area (Å²) in [7, 11) is 3.10. The normalized spacial score (nSPS) is 12.4. The molecule has 1 atom stereocenters. The molecule has 0 saturated heterocycles. The van der Waals surface area contributed by atoms with Gasteiger partial charge in [-0.05, 0) is 25.1 Å². The number of nitrogens with one attached hydrogen (secondary N) is 1. The molecule has 1 aromatic carbocycles. The average molecular weight is 342 g/mol. The number of methoxy groups -OCH3 is 1. The highest BCUT2D eigenvalue weighted by Gasteiger charge is 2.15. The Labute approximate surface area is 144 Å². The smallest absolute Gasteiger partial charge is 0.272 e. The number of fused-ring (bicyclic) bond motifs is 1. The highest BCUT2D eigenvalue weighted by molar-refractivity contribution is 5.57. The number of hydrogen-bond acceptors (Lipinski definition) is 7. The molecular formula is C16H18N6O3. The molecule has 1 N–H and O–H groups in total. The number of aromatic nitrogens is 4. The number of hydroxylamine groups is 1. The molecule has 3 rings (SSSR count). The molecule has 0 aliphatic carbocycles. The van der Waals surface area contributed by atoms with Crippen LogP contribution in [0.25, 0.3) is 5.78 Å². The van der Waals surface area contributed by atoms with Crippen LogP contribution < -0.4 is 15.0 Å². The second-order valence-electron chi connectivity index (χ2n) is 5.01. The minimum Gasteiger partial charge on any atom is -0.497 e. The van der Waals surface area contributed by atoms with Gasteiger partial charge in [0, 0.05) is 12.3 Å². The van der Waals surface area contributed by atoms with Crippen molar-refractivity contribution in [2.24, 2.45) is 4.99 Å². The molecule has 9 nitrogen and oxygen atoms in total. The Morgan fingerprint density at radius 2 is 2.08 bits per heavy atom. The lowest BCUT2D eigenvalue weighted by molar-refractivity contribution is 0.148. The summed E-state index contributed by atoms with van der Waals surface area (Å²) in [5, 5.41) is 4.33. The molecule has 130 valence electrons. The molecule has 0 saturated carbocycles. The first-order valence-electron chi connectivity index (χ1n) is 7.54. The number of ether oxygens (including phenoxy) is 2. The van der Waals surface area contributed by atoms with Gasteiger partial charge in [0.15, 0.2) is 0 Å². The summed E-state index contributed by atoms with van der Waals surface area (Å²) in [6, 6.07) is 9.24. The van der Waals surface area contributed by atoms with E-state index < -0.39 is 0 Å². The Morgan fingerprint density at radius 1 is 1.24 bits per heavy atom. The van der Waals surface area contributed by atoms with Gasteiger partial charge < -0.3 is 9.47 Å². The van der Waals surface area contributed by atoms with Crippen molar-refractivity contribution < 1.29 is 14.3 Å². The van der Waals surface area contributed by atoms with E-state index in [0.29, 0.717) is 11.5 Å². The summed E-state index contributed by atoms with van der Waals surface area (Å²) in [5.41, 5.74) is 3.28. The molecule has 9 heteroatoms. The van der Waals surface area contributed by atoms with E-state index in [-0.39, 0.29) is 12.1 Å². The Balaban J connectivity index is 1.86. The summed E-state index contributed by atoms with van der Waals surface area (Å²) in [4.78, 5) is 17.1. The Kier molecular flexibility index (Phi) is 5.05. The van der Waals surface area contributed by atoms with Gasteiger partial charge in [-0.25, -0.2) is 4.98 Å². The van der Waals surface area contributed by atoms with Crippen LogP contribution in [0, 0.1) is 0 Å². The van der Waals surface area contributed by atoms with Crippen LogP contribution in [-0.4, -0.2) is 40.1 Å². The molecule has 0 radical (unpaired) electrons. The topological polar surface area (TPSA) is 95.2 Å². The summed E-state index contributed by atoms with van der Waals surface area (Å²) < 4.78 is 12.8. The fourth-order valence-electron chi connectivity index (χ4n) is 2.24. The largest absolute Gasteiger partial charge is 0.497 e. The van der Waals surface area contributed by atoms with Crippen molar-refractivity contribution in [3.8, 4) is 11.5 Å². The van der Waals surface area contributed by atoms with Crippen LogP contribution in [0.3, 0.4) is 0 Å². The minimum atomic E-state index is -0.284. The third-order valence-electron chi connectivity index (χ3n) is 3.38. The third kappa shape index (κ3) is 3.83. The van der Waals surface area contributed by atoms with Gasteiger partial charge in [0.05, 0.1) is 19.9 Å². The van der Waals surface area contributed by atoms with E-state index in [2.05, 4.69) is 30.4 Å². The van der Waals surface area contributed by atoms with E-state index in [1.54, 1.807) is 17.8 Å². The maximum atomic E-state index is 5.99. The molecule has 0 bridgehead atoms. The fourth-order valence-corrected chi connectivity index (χ4v) is 2.24. The van der Waals surface area contributed by atoms with E-state index in [0.717, 1.165) is 11.4 Å². The average Bonchev–Trinajstić information content (AvgIpc) is 3.04. The van der Waals surface area contributed by atoms with E-state index in [1.165, 1.54) is 13.4 Å². The van der Waals surface area contributed by atoms with Crippen LogP contribution in [0.15, 0.2) is 41.5 Å². The second-order valence-corrected chi connectivity index (χ2v) is 5.01. The molecule has 0 unspecified atom stereocenters. The Hall–Kier alpha value is -3.20. The van der Waals surface area contributed by atoms with Crippen LogP contribution >= 0.6 is 0 Å². The predicted molar refractivity (Wildman–Crippen MR) is 91.1 cm³/mol. The summed E-state index contributed by atoms with van der Waals surface area (Å²) in [5.74, 6) is 2.12. The Morgan fingerprint density at radius 3 is 2.88 bits per heavy atom. The van der Waals surface area contributed by atoms with Gasteiger partial charge in [0.1, 0.15) is 23.9 Å². The number of nitrogens with zero attached hydrogens (tertiary/aromatic N) is 5. The van der Waals surface area contributed by atoms with Crippen molar-refractivity contribution in [1.29, 1.82) is 0 Å². The van der Waals surface area contributed by atoms with E-state index in [4.69, 9.17) is 9.47 Å². The number of rotatable bonds is 7. The zero-order valence-corrected chi connectivity index (χ0v) is 14.1. The molecule has 0 spiro atoms. The van der Waals surface area contributed by atoms with Crippen molar-refractivity contribution in [3.63, 3.8) is 0 Å². The monoisotopic (exact) mass is 342 g/mol. The first-order valence-corrected chi connectivity index (χ1v) is 7.54. The molecule has 3 aromatic rings. The molecule has 0 aliphatic rings. The van der Waals surface area contributed by atoms with Crippen LogP contribution in [0.1, 0.15) is 18.7 Å². The van der Waals surface area contributed by atoms with Gasteiger partial charge >= 0.3 is 0 Å². The van der Waals surface area contributed by atoms with E-state index in [1.807, 2.05) is 37.3 Å². The lowest BCUT2D eigenvalue weighted by Gasteiger charge is -2.15.